The highest BCUT2D eigenvalue weighted by Gasteiger charge is 2.33. The Balaban J connectivity index is 2.39. The van der Waals surface area contributed by atoms with Gasteiger partial charge in [-0.05, 0) is 18.9 Å². The molecular formula is C12H17NO. The van der Waals surface area contributed by atoms with Crippen molar-refractivity contribution in [2.45, 2.75) is 31.2 Å². The van der Waals surface area contributed by atoms with Gasteiger partial charge in [-0.2, -0.15) is 0 Å². The summed E-state index contributed by atoms with van der Waals surface area (Å²) in [5, 5.41) is 0. The van der Waals surface area contributed by atoms with Crippen molar-refractivity contribution >= 4 is 0 Å². The molecular weight excluding hydrogens is 174 g/mol. The van der Waals surface area contributed by atoms with Crippen molar-refractivity contribution in [3.8, 4) is 5.75 Å². The third kappa shape index (κ3) is 1.50. The zero-order chi connectivity index (χ0) is 10.0. The van der Waals surface area contributed by atoms with Crippen LogP contribution in [0.4, 0.5) is 0 Å². The fourth-order valence-electron chi connectivity index (χ4n) is 2.33. The predicted molar refractivity (Wildman–Crippen MR) is 57.3 cm³/mol. The van der Waals surface area contributed by atoms with E-state index in [0.717, 1.165) is 18.6 Å². The second-order valence-electron chi connectivity index (χ2n) is 4.06. The van der Waals surface area contributed by atoms with Crippen LogP contribution in [-0.2, 0) is 5.54 Å². The number of hydrogen-bond donors (Lipinski definition) is 1. The second kappa shape index (κ2) is 3.62. The van der Waals surface area contributed by atoms with E-state index in [9.17, 15) is 0 Å². The standard InChI is InChI=1S/C12H17NO/c1-14-11-7-3-2-6-10(11)12(13)8-4-5-9-12/h2-3,6-7H,4-5,8-9,13H2,1H3. The van der Waals surface area contributed by atoms with Gasteiger partial charge >= 0.3 is 0 Å². The maximum Gasteiger partial charge on any atom is 0.123 e. The third-order valence-electron chi connectivity index (χ3n) is 3.14. The highest BCUT2D eigenvalue weighted by atomic mass is 16.5. The molecule has 0 heterocycles. The topological polar surface area (TPSA) is 35.2 Å². The minimum atomic E-state index is -0.146. The summed E-state index contributed by atoms with van der Waals surface area (Å²) in [6.07, 6.45) is 4.61. The zero-order valence-corrected chi connectivity index (χ0v) is 8.62. The van der Waals surface area contributed by atoms with E-state index in [2.05, 4.69) is 6.07 Å². The van der Waals surface area contributed by atoms with Crippen molar-refractivity contribution < 1.29 is 4.74 Å². The van der Waals surface area contributed by atoms with E-state index < -0.39 is 0 Å². The van der Waals surface area contributed by atoms with Gasteiger partial charge in [-0.1, -0.05) is 31.0 Å². The van der Waals surface area contributed by atoms with Crippen molar-refractivity contribution in [1.29, 1.82) is 0 Å². The van der Waals surface area contributed by atoms with Gasteiger partial charge in [0, 0.05) is 11.1 Å². The first-order valence-electron chi connectivity index (χ1n) is 5.19. The number of nitrogens with two attached hydrogens (primary N) is 1. The van der Waals surface area contributed by atoms with Gasteiger partial charge in [-0.15, -0.1) is 0 Å². The van der Waals surface area contributed by atoms with Crippen LogP contribution in [0.1, 0.15) is 31.2 Å². The number of ether oxygens (including phenoxy) is 1. The predicted octanol–water partition coefficient (Wildman–Crippen LogP) is 2.42. The maximum atomic E-state index is 6.38. The van der Waals surface area contributed by atoms with Crippen LogP contribution in [0.15, 0.2) is 24.3 Å². The summed E-state index contributed by atoms with van der Waals surface area (Å²) in [6.45, 7) is 0. The summed E-state index contributed by atoms with van der Waals surface area (Å²) in [5.74, 6) is 0.928. The van der Waals surface area contributed by atoms with Crippen LogP contribution < -0.4 is 10.5 Å². The van der Waals surface area contributed by atoms with Crippen LogP contribution in [0.25, 0.3) is 0 Å². The van der Waals surface area contributed by atoms with Crippen LogP contribution in [0.3, 0.4) is 0 Å². The van der Waals surface area contributed by atoms with Gasteiger partial charge in [0.2, 0.25) is 0 Å². The summed E-state index contributed by atoms with van der Waals surface area (Å²) < 4.78 is 5.34. The van der Waals surface area contributed by atoms with Gasteiger partial charge in [0.05, 0.1) is 7.11 Å². The summed E-state index contributed by atoms with van der Waals surface area (Å²) in [5.41, 5.74) is 7.40. The van der Waals surface area contributed by atoms with Gasteiger partial charge in [0.15, 0.2) is 0 Å². The molecule has 0 amide bonds. The van der Waals surface area contributed by atoms with E-state index >= 15 is 0 Å². The highest BCUT2D eigenvalue weighted by Crippen LogP contribution is 2.40. The van der Waals surface area contributed by atoms with Gasteiger partial charge in [-0.3, -0.25) is 0 Å². The molecule has 2 N–H and O–H groups in total. The number of hydrogen-bond acceptors (Lipinski definition) is 2. The zero-order valence-electron chi connectivity index (χ0n) is 8.62. The Morgan fingerprint density at radius 3 is 2.50 bits per heavy atom. The molecule has 0 aliphatic heterocycles. The molecule has 2 nitrogen and oxygen atoms in total. The molecule has 0 spiro atoms. The van der Waals surface area contributed by atoms with Gasteiger partial charge in [0.1, 0.15) is 5.75 Å². The highest BCUT2D eigenvalue weighted by molar-refractivity contribution is 5.39. The molecule has 0 radical (unpaired) electrons. The van der Waals surface area contributed by atoms with E-state index in [-0.39, 0.29) is 5.54 Å². The van der Waals surface area contributed by atoms with Crippen LogP contribution >= 0.6 is 0 Å². The average Bonchev–Trinajstić information content (AvgIpc) is 2.66. The van der Waals surface area contributed by atoms with Crippen LogP contribution in [0.5, 0.6) is 5.75 Å². The van der Waals surface area contributed by atoms with Crippen molar-refractivity contribution in [3.63, 3.8) is 0 Å². The molecule has 2 heteroatoms. The third-order valence-corrected chi connectivity index (χ3v) is 3.14. The molecule has 1 saturated carbocycles. The molecule has 1 aliphatic rings. The van der Waals surface area contributed by atoms with Gasteiger partial charge < -0.3 is 10.5 Å². The first-order chi connectivity index (χ1) is 6.76. The SMILES string of the molecule is COc1ccccc1C1(N)CCCC1. The Morgan fingerprint density at radius 2 is 1.86 bits per heavy atom. The average molecular weight is 191 g/mol. The van der Waals surface area contributed by atoms with E-state index in [1.807, 2.05) is 18.2 Å². The molecule has 14 heavy (non-hydrogen) atoms. The van der Waals surface area contributed by atoms with Crippen LogP contribution in [0.2, 0.25) is 0 Å². The van der Waals surface area contributed by atoms with Crippen molar-refractivity contribution in [2.24, 2.45) is 5.73 Å². The number of methoxy groups -OCH3 is 1. The molecule has 1 aromatic rings. The molecule has 0 unspecified atom stereocenters. The van der Waals surface area contributed by atoms with Gasteiger partial charge in [0.25, 0.3) is 0 Å². The smallest absolute Gasteiger partial charge is 0.123 e. The number of para-hydroxylation sites is 1. The fraction of sp³-hybridized carbons (Fsp3) is 0.500. The Hall–Kier alpha value is -1.02. The summed E-state index contributed by atoms with van der Waals surface area (Å²) in [6, 6.07) is 8.10. The lowest BCUT2D eigenvalue weighted by atomic mass is 9.89. The Morgan fingerprint density at radius 1 is 1.21 bits per heavy atom. The van der Waals surface area contributed by atoms with Crippen LogP contribution in [0, 0.1) is 0 Å². The quantitative estimate of drug-likeness (QED) is 0.779. The molecule has 76 valence electrons. The monoisotopic (exact) mass is 191 g/mol. The second-order valence-corrected chi connectivity index (χ2v) is 4.06. The van der Waals surface area contributed by atoms with E-state index in [1.165, 1.54) is 18.4 Å². The minimum Gasteiger partial charge on any atom is -0.496 e. The van der Waals surface area contributed by atoms with E-state index in [0.29, 0.717) is 0 Å². The summed E-state index contributed by atoms with van der Waals surface area (Å²) in [4.78, 5) is 0. The minimum absolute atomic E-state index is 0.146. The Kier molecular flexibility index (Phi) is 2.46. The molecule has 2 rings (SSSR count). The first kappa shape index (κ1) is 9.53. The summed E-state index contributed by atoms with van der Waals surface area (Å²) >= 11 is 0. The Bertz CT molecular complexity index is 316. The largest absolute Gasteiger partial charge is 0.496 e. The van der Waals surface area contributed by atoms with E-state index in [4.69, 9.17) is 10.5 Å². The lowest BCUT2D eigenvalue weighted by Crippen LogP contribution is -2.33. The molecule has 1 aliphatic carbocycles. The van der Waals surface area contributed by atoms with Crippen LogP contribution in [-0.4, -0.2) is 7.11 Å². The van der Waals surface area contributed by atoms with Crippen molar-refractivity contribution in [1.82, 2.24) is 0 Å². The number of benzene rings is 1. The van der Waals surface area contributed by atoms with Crippen molar-refractivity contribution in [2.75, 3.05) is 7.11 Å². The molecule has 1 aromatic carbocycles. The first-order valence-corrected chi connectivity index (χ1v) is 5.19. The maximum absolute atomic E-state index is 6.38. The molecule has 1 fully saturated rings. The van der Waals surface area contributed by atoms with Crippen molar-refractivity contribution in [3.05, 3.63) is 29.8 Å². The summed E-state index contributed by atoms with van der Waals surface area (Å²) in [7, 11) is 1.71. The fourth-order valence-corrected chi connectivity index (χ4v) is 2.33. The Labute approximate surface area is 85.1 Å². The lowest BCUT2D eigenvalue weighted by Gasteiger charge is -2.26. The molecule has 0 bridgehead atoms. The number of rotatable bonds is 2. The molecule has 0 saturated heterocycles. The lowest BCUT2D eigenvalue weighted by molar-refractivity contribution is 0.379. The molecule has 0 atom stereocenters. The molecule has 0 aromatic heterocycles. The van der Waals surface area contributed by atoms with Gasteiger partial charge in [-0.25, -0.2) is 0 Å². The van der Waals surface area contributed by atoms with E-state index in [1.54, 1.807) is 7.11 Å². The normalized spacial score (nSPS) is 19.6.